The summed E-state index contributed by atoms with van der Waals surface area (Å²) in [5, 5.41) is 23.3. The lowest BCUT2D eigenvalue weighted by atomic mass is 9.81. The van der Waals surface area contributed by atoms with Crippen molar-refractivity contribution in [2.75, 3.05) is 71.2 Å². The number of aromatic nitrogens is 5. The zero-order valence-electron chi connectivity index (χ0n) is 58.9. The summed E-state index contributed by atoms with van der Waals surface area (Å²) >= 11 is 0. The second-order valence-electron chi connectivity index (χ2n) is 26.1. The van der Waals surface area contributed by atoms with Crippen LogP contribution in [-0.2, 0) is 111 Å². The molecule has 0 radical (unpaired) electrons. The summed E-state index contributed by atoms with van der Waals surface area (Å²) in [6.07, 6.45) is 6.74. The Morgan fingerprint density at radius 3 is 2.23 bits per heavy atom. The maximum Gasteiger partial charge on any atom is 0.509 e. The number of esters is 1. The average molecular weight is 1410 g/mol. The van der Waals surface area contributed by atoms with Crippen molar-refractivity contribution in [2.24, 2.45) is 23.5 Å². The van der Waals surface area contributed by atoms with Crippen molar-refractivity contribution < 1.29 is 71.6 Å². The fourth-order valence-electron chi connectivity index (χ4n) is 13.1. The third-order valence-corrected chi connectivity index (χ3v) is 18.7. The van der Waals surface area contributed by atoms with E-state index >= 15 is 0 Å². The number of carbonyl (C=O) groups excluding carboxylic acids is 9. The molecule has 546 valence electrons. The topological polar surface area (TPSA) is 364 Å². The maximum atomic E-state index is 13.7. The molecule has 1 aliphatic carbocycles. The molecule has 2 fully saturated rings. The fraction of sp³-hybridized carbons (Fsp3) is 0.500. The van der Waals surface area contributed by atoms with E-state index in [1.807, 2.05) is 68.4 Å². The number of nitrogens with two attached hydrogens (primary N) is 1. The number of hydrogen-bond donors (Lipinski definition) is 6. The number of pyridine rings is 2. The van der Waals surface area contributed by atoms with Gasteiger partial charge in [-0.15, -0.1) is 5.10 Å². The third kappa shape index (κ3) is 19.9. The van der Waals surface area contributed by atoms with Crippen molar-refractivity contribution in [1.29, 1.82) is 0 Å². The Bertz CT molecular complexity index is 4020. The molecular weight excluding hydrogens is 1310 g/mol. The number of unbranched alkanes of at least 4 members (excludes halogenated alkanes) is 1. The average Bonchev–Trinajstić information content (AvgIpc) is 1.42. The van der Waals surface area contributed by atoms with E-state index in [0.29, 0.717) is 112 Å². The number of benzene rings is 3. The number of fused-ring (bicyclic) bond motifs is 5. The SMILES string of the molecule is CCOC(=O)O[C@]1(CC)C(=O)OCc2c1cc1n(c2=O)Cc2c-1nc1ccc(C)cc1c2CC.Cc1ccc(NC(=O)[C@H](CCCCN)NC(=O)[C@H](Cc2ccccc2)NC(=O)COCC(=O)NCCOCCOCCn2cc(CNC(=O)C3CCC(CN4C(=O)CC(C)C4=O)CC3)nn2)cc1. The molecule has 28 heteroatoms. The summed E-state index contributed by atoms with van der Waals surface area (Å²) in [6, 6.07) is 22.5. The first-order valence-corrected chi connectivity index (χ1v) is 35.2. The Kier molecular flexibility index (Phi) is 27.5. The highest BCUT2D eigenvalue weighted by molar-refractivity contribution is 6.03. The molecule has 1 saturated carbocycles. The first kappa shape index (κ1) is 76.4. The maximum absolute atomic E-state index is 13.7. The van der Waals surface area contributed by atoms with E-state index in [1.165, 1.54) is 4.90 Å². The van der Waals surface area contributed by atoms with E-state index in [0.717, 1.165) is 58.0 Å². The van der Waals surface area contributed by atoms with Gasteiger partial charge in [-0.1, -0.05) is 85.6 Å². The van der Waals surface area contributed by atoms with Crippen LogP contribution >= 0.6 is 0 Å². The lowest BCUT2D eigenvalue weighted by molar-refractivity contribution is -0.175. The van der Waals surface area contributed by atoms with Crippen molar-refractivity contribution in [1.82, 2.24) is 50.7 Å². The van der Waals surface area contributed by atoms with Gasteiger partial charge in [-0.05, 0) is 132 Å². The van der Waals surface area contributed by atoms with E-state index in [-0.39, 0.29) is 106 Å². The van der Waals surface area contributed by atoms with Gasteiger partial charge < -0.3 is 65.3 Å². The van der Waals surface area contributed by atoms with E-state index < -0.39 is 54.1 Å². The van der Waals surface area contributed by atoms with Gasteiger partial charge in [0.15, 0.2) is 0 Å². The summed E-state index contributed by atoms with van der Waals surface area (Å²) in [4.78, 5) is 135. The van der Waals surface area contributed by atoms with Crippen LogP contribution in [0.5, 0.6) is 0 Å². The van der Waals surface area contributed by atoms with Crippen molar-refractivity contribution in [3.8, 4) is 11.4 Å². The highest BCUT2D eigenvalue weighted by Gasteiger charge is 2.51. The van der Waals surface area contributed by atoms with Crippen LogP contribution in [-0.4, -0.2) is 161 Å². The molecule has 7 amide bonds. The number of nitrogens with zero attached hydrogens (tertiary/aromatic N) is 6. The van der Waals surface area contributed by atoms with Crippen molar-refractivity contribution >= 4 is 70.1 Å². The van der Waals surface area contributed by atoms with Crippen LogP contribution in [0.2, 0.25) is 0 Å². The number of carbonyl (C=O) groups is 9. The standard InChI is InChI=1S/C48H68N10O10.C26H26N2O6/c1-33-11-17-38(18-12-33)52-46(63)40(10-6-7-19-49)54-47(64)41(27-35-8-4-3-5-9-35)53-43(60)32-68-31-42(59)50-20-22-66-24-25-67-23-21-57-30-39(55-56-57)28-51-45(62)37-15-13-36(14-16-37)29-58-44(61)26-34(2)48(58)65;1-5-15-16-10-14(4)8-9-20(16)27-22-17(15)12-28-21(22)11-19-18(23(28)29)13-33-24(30)26(19,6-2)34-25(31)32-7-3/h3-5,8-9,11-12,17-18,30,34,36-37,40-41H,6-7,10,13-16,19-29,31-32,49H2,1-2H3,(H,50,59)(H,51,62)(H,52,63)(H,53,60)(H,54,64);8-11H,5-7,12-13H2,1-4H3/t34?,36?,37?,40-,41-;26-/m00/s1. The molecule has 0 bridgehead atoms. The number of rotatable bonds is 33. The van der Waals surface area contributed by atoms with Crippen LogP contribution in [0, 0.1) is 31.6 Å². The lowest BCUT2D eigenvalue weighted by Crippen LogP contribution is -2.54. The minimum Gasteiger partial charge on any atom is -0.457 e. The highest BCUT2D eigenvalue weighted by atomic mass is 16.7. The van der Waals surface area contributed by atoms with Gasteiger partial charge in [0, 0.05) is 60.0 Å². The smallest absolute Gasteiger partial charge is 0.457 e. The van der Waals surface area contributed by atoms with Gasteiger partial charge in [0.1, 0.15) is 37.6 Å². The van der Waals surface area contributed by atoms with Gasteiger partial charge >= 0.3 is 12.1 Å². The molecule has 1 unspecified atom stereocenters. The third-order valence-electron chi connectivity index (χ3n) is 18.7. The van der Waals surface area contributed by atoms with Crippen LogP contribution in [0.3, 0.4) is 0 Å². The molecule has 102 heavy (non-hydrogen) atoms. The number of likely N-dealkylation sites (tertiary alicyclic amines) is 1. The highest BCUT2D eigenvalue weighted by Crippen LogP contribution is 2.43. The van der Waals surface area contributed by atoms with E-state index in [4.69, 9.17) is 39.1 Å². The minimum atomic E-state index is -1.75. The molecule has 4 atom stereocenters. The predicted molar refractivity (Wildman–Crippen MR) is 375 cm³/mol. The van der Waals surface area contributed by atoms with Gasteiger partial charge in [-0.2, -0.15) is 0 Å². The molecule has 28 nitrogen and oxygen atoms in total. The van der Waals surface area contributed by atoms with Crippen molar-refractivity contribution in [3.63, 3.8) is 0 Å². The zero-order valence-corrected chi connectivity index (χ0v) is 58.9. The van der Waals surface area contributed by atoms with Gasteiger partial charge in [0.2, 0.25) is 47.0 Å². The Morgan fingerprint density at radius 2 is 1.52 bits per heavy atom. The number of amides is 7. The number of hydrogen-bond acceptors (Lipinski definition) is 20. The molecule has 7 N–H and O–H groups in total. The normalized spacial score (nSPS) is 18.0. The Morgan fingerprint density at radius 1 is 0.784 bits per heavy atom. The Hall–Kier alpha value is -9.77. The van der Waals surface area contributed by atoms with E-state index in [9.17, 15) is 47.9 Å². The number of imide groups is 1. The first-order valence-electron chi connectivity index (χ1n) is 35.2. The van der Waals surface area contributed by atoms with Crippen LogP contribution < -0.4 is 37.9 Å². The lowest BCUT2D eigenvalue weighted by Gasteiger charge is -2.35. The van der Waals surface area contributed by atoms with Crippen molar-refractivity contribution in [3.05, 3.63) is 140 Å². The number of nitrogens with one attached hydrogen (secondary N) is 5. The number of cyclic esters (lactones) is 1. The molecule has 10 rings (SSSR count). The van der Waals surface area contributed by atoms with Crippen LogP contribution in [0.4, 0.5) is 10.5 Å². The molecule has 6 aromatic rings. The molecular formula is C74H94N12O16. The van der Waals surface area contributed by atoms with E-state index in [1.54, 1.807) is 54.4 Å². The van der Waals surface area contributed by atoms with Gasteiger partial charge in [0.25, 0.3) is 5.56 Å². The molecule has 3 aromatic carbocycles. The molecule has 6 heterocycles. The largest absolute Gasteiger partial charge is 0.509 e. The quantitative estimate of drug-likeness (QED) is 0.0164. The number of aryl methyl sites for hydroxylation is 3. The Labute approximate surface area is 592 Å². The first-order chi connectivity index (χ1) is 49.2. The van der Waals surface area contributed by atoms with Crippen LogP contribution in [0.15, 0.2) is 89.9 Å². The summed E-state index contributed by atoms with van der Waals surface area (Å²) < 4.78 is 35.6. The van der Waals surface area contributed by atoms with Crippen LogP contribution in [0.25, 0.3) is 22.3 Å². The summed E-state index contributed by atoms with van der Waals surface area (Å²) in [5.74, 6) is -3.05. The number of anilines is 1. The van der Waals surface area contributed by atoms with Gasteiger partial charge in [-0.25, -0.2) is 19.3 Å². The van der Waals surface area contributed by atoms with Crippen LogP contribution in [0.1, 0.15) is 130 Å². The minimum absolute atomic E-state index is 0.0349. The van der Waals surface area contributed by atoms with Gasteiger partial charge in [-0.3, -0.25) is 43.3 Å². The number of ether oxygens (including phenoxy) is 6. The van der Waals surface area contributed by atoms with Gasteiger partial charge in [0.05, 0.1) is 81.3 Å². The summed E-state index contributed by atoms with van der Waals surface area (Å²) in [6.45, 7) is 13.7. The second-order valence-corrected chi connectivity index (χ2v) is 26.1. The fourth-order valence-corrected chi connectivity index (χ4v) is 13.1. The molecule has 3 aliphatic heterocycles. The summed E-state index contributed by atoms with van der Waals surface area (Å²) in [5.41, 5.74) is 12.8. The molecule has 4 aliphatic rings. The monoisotopic (exact) mass is 1410 g/mol. The second kappa shape index (κ2) is 36.7. The zero-order chi connectivity index (χ0) is 72.9. The van der Waals surface area contributed by atoms with E-state index in [2.05, 4.69) is 49.9 Å². The predicted octanol–water partition coefficient (Wildman–Crippen LogP) is 5.68. The molecule has 3 aromatic heterocycles. The summed E-state index contributed by atoms with van der Waals surface area (Å²) in [7, 11) is 0. The van der Waals surface area contributed by atoms with Crippen molar-refractivity contribution in [2.45, 2.75) is 156 Å². The molecule has 0 spiro atoms. The molecule has 1 saturated heterocycles. The Balaban J connectivity index is 0.000000294.